The monoisotopic (exact) mass is 183 g/mol. The summed E-state index contributed by atoms with van der Waals surface area (Å²) in [5, 5.41) is 18.1. The van der Waals surface area contributed by atoms with Crippen LogP contribution in [0.4, 0.5) is 5.69 Å². The van der Waals surface area contributed by atoms with Gasteiger partial charge in [0, 0.05) is 13.0 Å². The van der Waals surface area contributed by atoms with Gasteiger partial charge in [-0.15, -0.1) is 0 Å². The Bertz CT molecular complexity index is 324. The first-order valence-corrected chi connectivity index (χ1v) is 3.55. The van der Waals surface area contributed by atoms with E-state index in [0.717, 1.165) is 6.07 Å². The molecule has 70 valence electrons. The van der Waals surface area contributed by atoms with Crippen LogP contribution >= 0.6 is 0 Å². The zero-order valence-electron chi connectivity index (χ0n) is 6.94. The van der Waals surface area contributed by atoms with E-state index < -0.39 is 5.97 Å². The average molecular weight is 183 g/mol. The molecule has 0 bridgehead atoms. The highest BCUT2D eigenvalue weighted by Gasteiger charge is 2.02. The molecule has 0 aliphatic heterocycles. The summed E-state index contributed by atoms with van der Waals surface area (Å²) >= 11 is 0. The van der Waals surface area contributed by atoms with Gasteiger partial charge in [-0.2, -0.15) is 0 Å². The molecule has 1 aromatic rings. The molecular weight excluding hydrogens is 174 g/mol. The Balaban J connectivity index is 2.72. The third-order valence-electron chi connectivity index (χ3n) is 1.29. The maximum absolute atomic E-state index is 10.4. The van der Waals surface area contributed by atoms with Gasteiger partial charge in [-0.05, 0) is 12.1 Å². The van der Waals surface area contributed by atoms with Crippen molar-refractivity contribution in [2.75, 3.05) is 5.48 Å². The highest BCUT2D eigenvalue weighted by atomic mass is 16.7. The molecule has 0 atom stereocenters. The molecule has 0 unspecified atom stereocenters. The van der Waals surface area contributed by atoms with Gasteiger partial charge in [-0.3, -0.25) is 4.79 Å². The van der Waals surface area contributed by atoms with Crippen LogP contribution in [0, 0.1) is 0 Å². The molecule has 0 fully saturated rings. The van der Waals surface area contributed by atoms with Crippen molar-refractivity contribution in [2.45, 2.75) is 6.92 Å². The van der Waals surface area contributed by atoms with Crippen molar-refractivity contribution >= 4 is 11.7 Å². The summed E-state index contributed by atoms with van der Waals surface area (Å²) in [6, 6.07) is 3.87. The number of phenolic OH excluding ortho intramolecular Hbond substituents is 2. The molecule has 0 aromatic heterocycles. The highest BCUT2D eigenvalue weighted by molar-refractivity contribution is 5.68. The molecule has 3 N–H and O–H groups in total. The zero-order chi connectivity index (χ0) is 9.84. The molecule has 0 saturated carbocycles. The fourth-order valence-electron chi connectivity index (χ4n) is 0.733. The second-order valence-electron chi connectivity index (χ2n) is 2.40. The molecule has 0 amide bonds. The SMILES string of the molecule is CC(=O)ONc1ccc(O)cc1O. The second kappa shape index (κ2) is 3.66. The number of aromatic hydroxyl groups is 2. The Morgan fingerprint density at radius 3 is 2.69 bits per heavy atom. The molecule has 0 aliphatic rings. The van der Waals surface area contributed by atoms with Crippen molar-refractivity contribution in [3.8, 4) is 11.5 Å². The number of carbonyl (C=O) groups excluding carboxylic acids is 1. The number of phenols is 2. The third kappa shape index (κ3) is 2.55. The Hall–Kier alpha value is -1.91. The summed E-state index contributed by atoms with van der Waals surface area (Å²) in [6.07, 6.45) is 0. The number of rotatable bonds is 2. The summed E-state index contributed by atoms with van der Waals surface area (Å²) in [4.78, 5) is 14.8. The number of anilines is 1. The van der Waals surface area contributed by atoms with Crippen LogP contribution < -0.4 is 5.48 Å². The predicted molar refractivity (Wildman–Crippen MR) is 45.2 cm³/mol. The van der Waals surface area contributed by atoms with E-state index >= 15 is 0 Å². The molecule has 13 heavy (non-hydrogen) atoms. The lowest BCUT2D eigenvalue weighted by Gasteiger charge is -2.06. The Labute approximate surface area is 74.5 Å². The number of nitrogens with one attached hydrogen (secondary N) is 1. The van der Waals surface area contributed by atoms with Crippen LogP contribution in [-0.2, 0) is 9.63 Å². The van der Waals surface area contributed by atoms with Crippen molar-refractivity contribution < 1.29 is 19.8 Å². The molecule has 0 spiro atoms. The van der Waals surface area contributed by atoms with E-state index in [4.69, 9.17) is 5.11 Å². The minimum absolute atomic E-state index is 0.0640. The maximum Gasteiger partial charge on any atom is 0.329 e. The zero-order valence-corrected chi connectivity index (χ0v) is 6.94. The van der Waals surface area contributed by atoms with Gasteiger partial charge in [0.1, 0.15) is 17.2 Å². The van der Waals surface area contributed by atoms with Gasteiger partial charge in [-0.1, -0.05) is 0 Å². The van der Waals surface area contributed by atoms with Gasteiger partial charge in [0.05, 0.1) is 0 Å². The molecule has 5 nitrogen and oxygen atoms in total. The fraction of sp³-hybridized carbons (Fsp3) is 0.125. The van der Waals surface area contributed by atoms with Crippen LogP contribution in [0.3, 0.4) is 0 Å². The molecule has 0 heterocycles. The molecule has 0 aliphatic carbocycles. The molecular formula is C8H9NO4. The summed E-state index contributed by atoms with van der Waals surface area (Å²) in [7, 11) is 0. The maximum atomic E-state index is 10.4. The molecule has 1 aromatic carbocycles. The van der Waals surface area contributed by atoms with E-state index in [1.54, 1.807) is 0 Å². The lowest BCUT2D eigenvalue weighted by Crippen LogP contribution is -2.05. The number of hydrogen-bond donors (Lipinski definition) is 3. The van der Waals surface area contributed by atoms with E-state index in [1.165, 1.54) is 19.1 Å². The number of carbonyl (C=O) groups is 1. The Kier molecular flexibility index (Phi) is 2.59. The van der Waals surface area contributed by atoms with Crippen molar-refractivity contribution in [3.63, 3.8) is 0 Å². The average Bonchev–Trinajstić information content (AvgIpc) is 2.02. The topological polar surface area (TPSA) is 78.8 Å². The van der Waals surface area contributed by atoms with Gasteiger partial charge in [0.2, 0.25) is 0 Å². The van der Waals surface area contributed by atoms with Crippen LogP contribution in [0.15, 0.2) is 18.2 Å². The fourth-order valence-corrected chi connectivity index (χ4v) is 0.733. The molecule has 0 radical (unpaired) electrons. The van der Waals surface area contributed by atoms with Gasteiger partial charge < -0.3 is 15.1 Å². The highest BCUT2D eigenvalue weighted by Crippen LogP contribution is 2.26. The van der Waals surface area contributed by atoms with E-state index in [-0.39, 0.29) is 17.2 Å². The standard InChI is InChI=1S/C8H9NO4/c1-5(10)13-9-7-3-2-6(11)4-8(7)12/h2-4,9,11-12H,1H3. The van der Waals surface area contributed by atoms with E-state index in [0.29, 0.717) is 0 Å². The van der Waals surface area contributed by atoms with Crippen molar-refractivity contribution in [1.29, 1.82) is 0 Å². The predicted octanol–water partition coefficient (Wildman–Crippen LogP) is 0.988. The summed E-state index contributed by atoms with van der Waals surface area (Å²) in [6.45, 7) is 1.23. The first-order chi connectivity index (χ1) is 6.09. The third-order valence-corrected chi connectivity index (χ3v) is 1.29. The molecule has 0 saturated heterocycles. The summed E-state index contributed by atoms with van der Waals surface area (Å²) in [5.41, 5.74) is 2.44. The van der Waals surface area contributed by atoms with Crippen LogP contribution in [0.25, 0.3) is 0 Å². The number of hydrogen-bond acceptors (Lipinski definition) is 5. The minimum Gasteiger partial charge on any atom is -0.508 e. The Morgan fingerprint density at radius 1 is 1.46 bits per heavy atom. The second-order valence-corrected chi connectivity index (χ2v) is 2.40. The summed E-state index contributed by atoms with van der Waals surface area (Å²) < 4.78 is 0. The van der Waals surface area contributed by atoms with Crippen molar-refractivity contribution in [3.05, 3.63) is 18.2 Å². The largest absolute Gasteiger partial charge is 0.508 e. The Morgan fingerprint density at radius 2 is 2.15 bits per heavy atom. The quantitative estimate of drug-likeness (QED) is 0.362. The van der Waals surface area contributed by atoms with E-state index in [1.807, 2.05) is 0 Å². The van der Waals surface area contributed by atoms with Crippen LogP contribution in [0.1, 0.15) is 6.92 Å². The minimum atomic E-state index is -0.521. The first kappa shape index (κ1) is 9.18. The molecule has 5 heteroatoms. The van der Waals surface area contributed by atoms with Crippen molar-refractivity contribution in [2.24, 2.45) is 0 Å². The lowest BCUT2D eigenvalue weighted by molar-refractivity contribution is -0.138. The normalized spacial score (nSPS) is 9.31. The number of benzene rings is 1. The van der Waals surface area contributed by atoms with E-state index in [2.05, 4.69) is 10.3 Å². The van der Waals surface area contributed by atoms with Crippen LogP contribution in [0.2, 0.25) is 0 Å². The lowest BCUT2D eigenvalue weighted by atomic mass is 10.3. The van der Waals surface area contributed by atoms with Gasteiger partial charge in [0.25, 0.3) is 0 Å². The van der Waals surface area contributed by atoms with Gasteiger partial charge in [0.15, 0.2) is 0 Å². The summed E-state index contributed by atoms with van der Waals surface area (Å²) in [5.74, 6) is -0.778. The van der Waals surface area contributed by atoms with Gasteiger partial charge in [-0.25, -0.2) is 5.48 Å². The molecule has 1 rings (SSSR count). The van der Waals surface area contributed by atoms with E-state index in [9.17, 15) is 9.90 Å². The van der Waals surface area contributed by atoms with Crippen molar-refractivity contribution in [1.82, 2.24) is 0 Å². The van der Waals surface area contributed by atoms with Crippen LogP contribution in [0.5, 0.6) is 11.5 Å². The smallest absolute Gasteiger partial charge is 0.329 e. The first-order valence-electron chi connectivity index (χ1n) is 3.55. The van der Waals surface area contributed by atoms with Crippen LogP contribution in [-0.4, -0.2) is 16.2 Å². The van der Waals surface area contributed by atoms with Gasteiger partial charge >= 0.3 is 5.97 Å².